The number of methoxy groups -OCH3 is 1. The summed E-state index contributed by atoms with van der Waals surface area (Å²) in [7, 11) is 1.13. The number of carbonyl (C=O) groups is 1. The molecule has 4 nitrogen and oxygen atoms in total. The van der Waals surface area contributed by atoms with Gasteiger partial charge in [0.15, 0.2) is 0 Å². The second-order valence-corrected chi connectivity index (χ2v) is 3.31. The Kier molecular flexibility index (Phi) is 3.81. The van der Waals surface area contributed by atoms with Crippen LogP contribution in [0.2, 0.25) is 0 Å². The Morgan fingerprint density at radius 1 is 1.39 bits per heavy atom. The number of rotatable bonds is 2. The van der Waals surface area contributed by atoms with Gasteiger partial charge < -0.3 is 9.47 Å². The molecule has 0 N–H and O–H groups in total. The van der Waals surface area contributed by atoms with Gasteiger partial charge in [0.2, 0.25) is 0 Å². The van der Waals surface area contributed by atoms with Crippen molar-refractivity contribution in [2.45, 2.75) is 13.3 Å². The highest BCUT2D eigenvalue weighted by Crippen LogP contribution is 2.29. The monoisotopic (exact) mass is 259 g/mol. The molecule has 0 saturated heterocycles. The fourth-order valence-corrected chi connectivity index (χ4v) is 1.31. The van der Waals surface area contributed by atoms with E-state index in [1.54, 1.807) is 0 Å². The topological polar surface area (TPSA) is 59.3 Å². The number of benzene rings is 1. The molecular weight excluding hydrogens is 251 g/mol. The van der Waals surface area contributed by atoms with Gasteiger partial charge in [0.1, 0.15) is 11.8 Å². The molecule has 0 aliphatic rings. The number of alkyl halides is 3. The molecule has 0 bridgehead atoms. The predicted molar refractivity (Wildman–Crippen MR) is 53.9 cm³/mol. The number of carbonyl (C=O) groups excluding carboxylic acids is 1. The van der Waals surface area contributed by atoms with E-state index in [4.69, 9.17) is 5.26 Å². The summed E-state index contributed by atoms with van der Waals surface area (Å²) < 4.78 is 44.4. The van der Waals surface area contributed by atoms with Crippen molar-refractivity contribution in [1.82, 2.24) is 0 Å². The highest BCUT2D eigenvalue weighted by atomic mass is 19.4. The van der Waals surface area contributed by atoms with Crippen molar-refractivity contribution in [2.24, 2.45) is 0 Å². The molecule has 0 atom stereocenters. The number of halogens is 3. The molecule has 0 unspecified atom stereocenters. The van der Waals surface area contributed by atoms with Crippen molar-refractivity contribution >= 4 is 5.97 Å². The molecule has 0 aliphatic heterocycles. The second kappa shape index (κ2) is 4.96. The van der Waals surface area contributed by atoms with Gasteiger partial charge in [-0.1, -0.05) is 0 Å². The van der Waals surface area contributed by atoms with E-state index in [0.717, 1.165) is 19.2 Å². The number of aryl methyl sites for hydroxylation is 1. The van der Waals surface area contributed by atoms with Crippen LogP contribution in [0.4, 0.5) is 13.2 Å². The van der Waals surface area contributed by atoms with Gasteiger partial charge in [-0.2, -0.15) is 5.26 Å². The largest absolute Gasteiger partial charge is 0.573 e. The third-order valence-corrected chi connectivity index (χ3v) is 2.08. The molecule has 0 radical (unpaired) electrons. The van der Waals surface area contributed by atoms with Gasteiger partial charge in [-0.25, -0.2) is 4.79 Å². The van der Waals surface area contributed by atoms with Crippen LogP contribution in [-0.4, -0.2) is 19.4 Å². The Hall–Kier alpha value is -2.23. The lowest BCUT2D eigenvalue weighted by Crippen LogP contribution is -2.18. The standard InChI is InChI=1S/C11H8F3NO3/c1-6-3-9(18-11(12,13)14)7(5-15)4-8(6)10(16)17-2/h3-4H,1-2H3. The lowest BCUT2D eigenvalue weighted by molar-refractivity contribution is -0.274. The molecule has 0 fully saturated rings. The van der Waals surface area contributed by atoms with E-state index in [1.807, 2.05) is 0 Å². The fraction of sp³-hybridized carbons (Fsp3) is 0.273. The molecule has 1 aromatic carbocycles. The Balaban J connectivity index is 3.28. The minimum atomic E-state index is -4.90. The predicted octanol–water partition coefficient (Wildman–Crippen LogP) is 2.55. The van der Waals surface area contributed by atoms with Gasteiger partial charge in [-0.3, -0.25) is 0 Å². The zero-order chi connectivity index (χ0) is 13.9. The lowest BCUT2D eigenvalue weighted by Gasteiger charge is -2.12. The first-order valence-corrected chi connectivity index (χ1v) is 4.67. The molecule has 0 heterocycles. The third-order valence-electron chi connectivity index (χ3n) is 2.08. The van der Waals surface area contributed by atoms with E-state index in [0.29, 0.717) is 0 Å². The summed E-state index contributed by atoms with van der Waals surface area (Å²) in [5.41, 5.74) is -0.151. The van der Waals surface area contributed by atoms with E-state index in [2.05, 4.69) is 9.47 Å². The number of hydrogen-bond donors (Lipinski definition) is 0. The first-order chi connectivity index (χ1) is 8.28. The Labute approximate surface area is 101 Å². The number of hydrogen-bond acceptors (Lipinski definition) is 4. The number of esters is 1. The van der Waals surface area contributed by atoms with Gasteiger partial charge in [0.25, 0.3) is 0 Å². The maximum absolute atomic E-state index is 12.1. The first kappa shape index (κ1) is 13.8. The van der Waals surface area contributed by atoms with Crippen LogP contribution in [0, 0.1) is 18.3 Å². The Morgan fingerprint density at radius 2 is 2.00 bits per heavy atom. The van der Waals surface area contributed by atoms with Crippen LogP contribution >= 0.6 is 0 Å². The highest BCUT2D eigenvalue weighted by molar-refractivity contribution is 5.91. The van der Waals surface area contributed by atoms with Gasteiger partial charge in [0.05, 0.1) is 18.2 Å². The molecular formula is C11H8F3NO3. The van der Waals surface area contributed by atoms with Crippen molar-refractivity contribution < 1.29 is 27.4 Å². The summed E-state index contributed by atoms with van der Waals surface area (Å²) in [6.45, 7) is 1.41. The summed E-state index contributed by atoms with van der Waals surface area (Å²) in [4.78, 5) is 11.3. The third kappa shape index (κ3) is 3.13. The van der Waals surface area contributed by atoms with E-state index < -0.39 is 23.6 Å². The Bertz CT molecular complexity index is 517. The summed E-state index contributed by atoms with van der Waals surface area (Å²) in [6.07, 6.45) is -4.90. The van der Waals surface area contributed by atoms with Crippen molar-refractivity contribution in [1.29, 1.82) is 5.26 Å². The van der Waals surface area contributed by atoms with E-state index >= 15 is 0 Å². The van der Waals surface area contributed by atoms with Crippen LogP contribution in [0.5, 0.6) is 5.75 Å². The molecule has 0 amide bonds. The molecule has 0 aromatic heterocycles. The Morgan fingerprint density at radius 3 is 2.44 bits per heavy atom. The first-order valence-electron chi connectivity index (χ1n) is 4.67. The number of nitriles is 1. The normalized spacial score (nSPS) is 10.7. The number of ether oxygens (including phenoxy) is 2. The van der Waals surface area contributed by atoms with E-state index in [-0.39, 0.29) is 11.1 Å². The molecule has 96 valence electrons. The minimum Gasteiger partial charge on any atom is -0.465 e. The molecule has 18 heavy (non-hydrogen) atoms. The molecule has 0 spiro atoms. The van der Waals surface area contributed by atoms with Crippen LogP contribution in [0.3, 0.4) is 0 Å². The van der Waals surface area contributed by atoms with Crippen molar-refractivity contribution in [3.63, 3.8) is 0 Å². The number of nitrogens with zero attached hydrogens (tertiary/aromatic N) is 1. The van der Waals surface area contributed by atoms with Crippen molar-refractivity contribution in [3.8, 4) is 11.8 Å². The highest BCUT2D eigenvalue weighted by Gasteiger charge is 2.32. The lowest BCUT2D eigenvalue weighted by atomic mass is 10.0. The van der Waals surface area contributed by atoms with Gasteiger partial charge in [-0.15, -0.1) is 13.2 Å². The van der Waals surface area contributed by atoms with Crippen LogP contribution in [-0.2, 0) is 4.74 Å². The molecule has 7 heteroatoms. The molecule has 0 saturated carbocycles. The van der Waals surface area contributed by atoms with Crippen molar-refractivity contribution in [2.75, 3.05) is 7.11 Å². The summed E-state index contributed by atoms with van der Waals surface area (Å²) >= 11 is 0. The van der Waals surface area contributed by atoms with Crippen LogP contribution in [0.15, 0.2) is 12.1 Å². The van der Waals surface area contributed by atoms with Crippen molar-refractivity contribution in [3.05, 3.63) is 28.8 Å². The average molecular weight is 259 g/mol. The van der Waals surface area contributed by atoms with Crippen LogP contribution in [0.1, 0.15) is 21.5 Å². The maximum Gasteiger partial charge on any atom is 0.573 e. The SMILES string of the molecule is COC(=O)c1cc(C#N)c(OC(F)(F)F)cc1C. The van der Waals surface area contributed by atoms with Gasteiger partial charge in [0, 0.05) is 0 Å². The molecule has 0 aliphatic carbocycles. The fourth-order valence-electron chi connectivity index (χ4n) is 1.31. The zero-order valence-electron chi connectivity index (χ0n) is 9.46. The van der Waals surface area contributed by atoms with Crippen LogP contribution in [0.25, 0.3) is 0 Å². The molecule has 1 rings (SSSR count). The summed E-state index contributed by atoms with van der Waals surface area (Å²) in [5, 5.41) is 8.74. The zero-order valence-corrected chi connectivity index (χ0v) is 9.46. The summed E-state index contributed by atoms with van der Waals surface area (Å²) in [6, 6.07) is 3.50. The van der Waals surface area contributed by atoms with Gasteiger partial charge >= 0.3 is 12.3 Å². The van der Waals surface area contributed by atoms with Gasteiger partial charge in [-0.05, 0) is 24.6 Å². The quantitative estimate of drug-likeness (QED) is 0.766. The maximum atomic E-state index is 12.1. The minimum absolute atomic E-state index is 0.0172. The van der Waals surface area contributed by atoms with E-state index in [9.17, 15) is 18.0 Å². The summed E-state index contributed by atoms with van der Waals surface area (Å²) in [5.74, 6) is -1.38. The van der Waals surface area contributed by atoms with E-state index in [1.165, 1.54) is 13.0 Å². The smallest absolute Gasteiger partial charge is 0.465 e. The van der Waals surface area contributed by atoms with Crippen LogP contribution < -0.4 is 4.74 Å². The second-order valence-electron chi connectivity index (χ2n) is 3.31. The average Bonchev–Trinajstić information content (AvgIpc) is 2.26. The molecule has 1 aromatic rings.